The Hall–Kier alpha value is -0.0800. The summed E-state index contributed by atoms with van der Waals surface area (Å²) in [6.45, 7) is 4.79. The Labute approximate surface area is 74.9 Å². The molecule has 0 aliphatic carbocycles. The third kappa shape index (κ3) is 1.09. The van der Waals surface area contributed by atoms with Crippen molar-refractivity contribution in [3.05, 3.63) is 0 Å². The van der Waals surface area contributed by atoms with Crippen LogP contribution in [0.3, 0.4) is 0 Å². The molecule has 0 N–H and O–H groups in total. The number of ether oxygens (including phenoxy) is 1. The largest absolute Gasteiger partial charge is 0.380 e. The maximum atomic E-state index is 5.43. The van der Waals surface area contributed by atoms with Crippen molar-refractivity contribution < 1.29 is 4.74 Å². The molecule has 0 aromatic rings. The van der Waals surface area contributed by atoms with Gasteiger partial charge in [0.1, 0.15) is 0 Å². The Balaban J connectivity index is 2.09. The molecular formula is C10H19NO. The summed E-state index contributed by atoms with van der Waals surface area (Å²) in [6, 6.07) is 0. The van der Waals surface area contributed by atoms with Gasteiger partial charge in [0.2, 0.25) is 0 Å². The SMILES string of the molecule is CC[C@@]12CCCN1C[C@H](OC)C2. The summed E-state index contributed by atoms with van der Waals surface area (Å²) in [5.74, 6) is 0. The van der Waals surface area contributed by atoms with Crippen LogP contribution in [0.15, 0.2) is 0 Å². The van der Waals surface area contributed by atoms with E-state index < -0.39 is 0 Å². The number of hydrogen-bond acceptors (Lipinski definition) is 2. The summed E-state index contributed by atoms with van der Waals surface area (Å²) in [5.41, 5.74) is 0.528. The van der Waals surface area contributed by atoms with Crippen molar-refractivity contribution in [2.45, 2.75) is 44.2 Å². The van der Waals surface area contributed by atoms with Gasteiger partial charge in [0.15, 0.2) is 0 Å². The lowest BCUT2D eigenvalue weighted by Crippen LogP contribution is -2.37. The second-order valence-corrected chi connectivity index (χ2v) is 4.19. The first-order valence-corrected chi connectivity index (χ1v) is 5.08. The van der Waals surface area contributed by atoms with Crippen LogP contribution in [0, 0.1) is 0 Å². The molecule has 0 amide bonds. The van der Waals surface area contributed by atoms with E-state index >= 15 is 0 Å². The second kappa shape index (κ2) is 3.00. The highest BCUT2D eigenvalue weighted by Crippen LogP contribution is 2.41. The molecule has 0 bridgehead atoms. The van der Waals surface area contributed by atoms with Crippen LogP contribution in [-0.2, 0) is 4.74 Å². The van der Waals surface area contributed by atoms with Gasteiger partial charge in [-0.15, -0.1) is 0 Å². The molecule has 0 unspecified atom stereocenters. The van der Waals surface area contributed by atoms with Crippen molar-refractivity contribution in [2.24, 2.45) is 0 Å². The van der Waals surface area contributed by atoms with Gasteiger partial charge in [-0.05, 0) is 32.2 Å². The maximum Gasteiger partial charge on any atom is 0.0716 e. The molecular weight excluding hydrogens is 150 g/mol. The van der Waals surface area contributed by atoms with Gasteiger partial charge in [0, 0.05) is 19.2 Å². The van der Waals surface area contributed by atoms with Crippen molar-refractivity contribution in [1.82, 2.24) is 4.90 Å². The van der Waals surface area contributed by atoms with Crippen LogP contribution in [-0.4, -0.2) is 36.7 Å². The Morgan fingerprint density at radius 1 is 1.58 bits per heavy atom. The molecule has 2 fully saturated rings. The summed E-state index contributed by atoms with van der Waals surface area (Å²) in [5, 5.41) is 0. The minimum atomic E-state index is 0.505. The molecule has 12 heavy (non-hydrogen) atoms. The molecule has 70 valence electrons. The first kappa shape index (κ1) is 8.52. The molecule has 2 aliphatic heterocycles. The number of rotatable bonds is 2. The third-order valence-corrected chi connectivity index (χ3v) is 3.76. The zero-order valence-electron chi connectivity index (χ0n) is 8.18. The molecule has 0 radical (unpaired) electrons. The van der Waals surface area contributed by atoms with E-state index in [-0.39, 0.29) is 0 Å². The average Bonchev–Trinajstić information content (AvgIpc) is 2.58. The average molecular weight is 169 g/mol. The van der Waals surface area contributed by atoms with Crippen LogP contribution in [0.5, 0.6) is 0 Å². The van der Waals surface area contributed by atoms with E-state index in [0.717, 1.165) is 0 Å². The van der Waals surface area contributed by atoms with Gasteiger partial charge in [-0.3, -0.25) is 4.90 Å². The molecule has 0 aromatic carbocycles. The highest BCUT2D eigenvalue weighted by molar-refractivity contribution is 5.02. The summed E-state index contributed by atoms with van der Waals surface area (Å²) < 4.78 is 5.43. The standard InChI is InChI=1S/C10H19NO/c1-3-10-5-4-6-11(10)8-9(7-10)12-2/h9H,3-8H2,1-2H3/t9-,10+/m1/s1. The van der Waals surface area contributed by atoms with Gasteiger partial charge < -0.3 is 4.74 Å². The van der Waals surface area contributed by atoms with Gasteiger partial charge in [0.25, 0.3) is 0 Å². The monoisotopic (exact) mass is 169 g/mol. The summed E-state index contributed by atoms with van der Waals surface area (Å²) in [7, 11) is 1.84. The number of fused-ring (bicyclic) bond motifs is 1. The third-order valence-electron chi connectivity index (χ3n) is 3.76. The van der Waals surface area contributed by atoms with Crippen molar-refractivity contribution in [2.75, 3.05) is 20.2 Å². The lowest BCUT2D eigenvalue weighted by Gasteiger charge is -2.30. The van der Waals surface area contributed by atoms with E-state index in [0.29, 0.717) is 11.6 Å². The molecule has 2 aliphatic rings. The molecule has 2 atom stereocenters. The fourth-order valence-corrected chi connectivity index (χ4v) is 2.95. The van der Waals surface area contributed by atoms with Crippen molar-refractivity contribution >= 4 is 0 Å². The maximum absolute atomic E-state index is 5.43. The molecule has 2 heteroatoms. The van der Waals surface area contributed by atoms with Crippen molar-refractivity contribution in [1.29, 1.82) is 0 Å². The number of methoxy groups -OCH3 is 1. The fourth-order valence-electron chi connectivity index (χ4n) is 2.95. The normalized spacial score (nSPS) is 42.0. The van der Waals surface area contributed by atoms with Crippen LogP contribution < -0.4 is 0 Å². The van der Waals surface area contributed by atoms with Gasteiger partial charge in [0.05, 0.1) is 6.10 Å². The van der Waals surface area contributed by atoms with Crippen molar-refractivity contribution in [3.8, 4) is 0 Å². The highest BCUT2D eigenvalue weighted by Gasteiger charge is 2.46. The van der Waals surface area contributed by atoms with Gasteiger partial charge in [-0.1, -0.05) is 6.92 Å². The zero-order valence-corrected chi connectivity index (χ0v) is 8.18. The molecule has 0 aromatic heterocycles. The molecule has 2 rings (SSSR count). The molecule has 2 saturated heterocycles. The molecule has 0 saturated carbocycles. The smallest absolute Gasteiger partial charge is 0.0716 e. The molecule has 2 nitrogen and oxygen atoms in total. The van der Waals surface area contributed by atoms with Gasteiger partial charge >= 0.3 is 0 Å². The number of nitrogens with zero attached hydrogens (tertiary/aromatic N) is 1. The lowest BCUT2D eigenvalue weighted by molar-refractivity contribution is 0.107. The second-order valence-electron chi connectivity index (χ2n) is 4.19. The minimum Gasteiger partial charge on any atom is -0.380 e. The van der Waals surface area contributed by atoms with E-state index in [1.54, 1.807) is 0 Å². The number of hydrogen-bond donors (Lipinski definition) is 0. The Morgan fingerprint density at radius 3 is 3.00 bits per heavy atom. The molecule has 0 spiro atoms. The Morgan fingerprint density at radius 2 is 2.42 bits per heavy atom. The van der Waals surface area contributed by atoms with Crippen LogP contribution >= 0.6 is 0 Å². The van der Waals surface area contributed by atoms with E-state index in [1.807, 2.05) is 7.11 Å². The van der Waals surface area contributed by atoms with Crippen LogP contribution in [0.25, 0.3) is 0 Å². The molecule has 2 heterocycles. The van der Waals surface area contributed by atoms with Crippen molar-refractivity contribution in [3.63, 3.8) is 0 Å². The predicted octanol–water partition coefficient (Wildman–Crippen LogP) is 1.65. The lowest BCUT2D eigenvalue weighted by atomic mass is 9.90. The highest BCUT2D eigenvalue weighted by atomic mass is 16.5. The topological polar surface area (TPSA) is 12.5 Å². The van der Waals surface area contributed by atoms with Crippen LogP contribution in [0.2, 0.25) is 0 Å². The quantitative estimate of drug-likeness (QED) is 0.623. The first-order valence-electron chi connectivity index (χ1n) is 5.08. The van der Waals surface area contributed by atoms with E-state index in [9.17, 15) is 0 Å². The fraction of sp³-hybridized carbons (Fsp3) is 1.00. The Kier molecular flexibility index (Phi) is 2.13. The van der Waals surface area contributed by atoms with E-state index in [2.05, 4.69) is 11.8 Å². The Bertz CT molecular complexity index is 171. The van der Waals surface area contributed by atoms with Crippen LogP contribution in [0.1, 0.15) is 32.6 Å². The van der Waals surface area contributed by atoms with E-state index in [1.165, 1.54) is 38.8 Å². The summed E-state index contributed by atoms with van der Waals surface area (Å²) in [6.07, 6.45) is 5.85. The van der Waals surface area contributed by atoms with E-state index in [4.69, 9.17) is 4.74 Å². The predicted molar refractivity (Wildman–Crippen MR) is 49.2 cm³/mol. The minimum absolute atomic E-state index is 0.505. The first-order chi connectivity index (χ1) is 5.80. The summed E-state index contributed by atoms with van der Waals surface area (Å²) >= 11 is 0. The van der Waals surface area contributed by atoms with Crippen LogP contribution in [0.4, 0.5) is 0 Å². The van der Waals surface area contributed by atoms with Gasteiger partial charge in [-0.2, -0.15) is 0 Å². The summed E-state index contributed by atoms with van der Waals surface area (Å²) in [4.78, 5) is 2.64. The van der Waals surface area contributed by atoms with Gasteiger partial charge in [-0.25, -0.2) is 0 Å². The zero-order chi connectivity index (χ0) is 8.60.